The Hall–Kier alpha value is -2.28. The predicted molar refractivity (Wildman–Crippen MR) is 82.3 cm³/mol. The van der Waals surface area contributed by atoms with Crippen molar-refractivity contribution in [3.05, 3.63) is 22.7 Å². The molecule has 2 rings (SSSR count). The van der Waals surface area contributed by atoms with E-state index in [1.165, 1.54) is 6.92 Å². The van der Waals surface area contributed by atoms with Gasteiger partial charge in [0.15, 0.2) is 6.10 Å². The van der Waals surface area contributed by atoms with E-state index in [0.29, 0.717) is 4.57 Å². The third kappa shape index (κ3) is 3.93. The first-order valence-electron chi connectivity index (χ1n) is 7.55. The van der Waals surface area contributed by atoms with Crippen LogP contribution >= 0.6 is 0 Å². The summed E-state index contributed by atoms with van der Waals surface area (Å²) in [6, 6.07) is 0.0503. The fraction of sp³-hybridized carbons (Fsp3) is 0.571. The maximum atomic E-state index is 14.0. The van der Waals surface area contributed by atoms with Gasteiger partial charge in [-0.15, -0.1) is 0 Å². The molecule has 1 unspecified atom stereocenters. The summed E-state index contributed by atoms with van der Waals surface area (Å²) in [6.45, 7) is 0.354. The lowest BCUT2D eigenvalue weighted by Gasteiger charge is -2.21. The lowest BCUT2D eigenvalue weighted by atomic mass is 10.1. The zero-order valence-corrected chi connectivity index (χ0v) is 13.6. The van der Waals surface area contributed by atoms with Crippen LogP contribution in [0.4, 0.5) is 14.6 Å². The second-order valence-corrected chi connectivity index (χ2v) is 5.80. The molecule has 144 valence electrons. The minimum absolute atomic E-state index is 0.229. The molecule has 1 saturated heterocycles. The van der Waals surface area contributed by atoms with E-state index in [0.717, 1.165) is 12.3 Å². The Morgan fingerprint density at radius 2 is 2.19 bits per heavy atom. The first-order valence-corrected chi connectivity index (χ1v) is 7.55. The standard InChI is InChI=1S/C14H18F2N4O6/c1-6(22)7(17)4-10(23)18-9-2-3-20(13(25)19-9)12-14(15,16)11(24)8(5-21)26-12/h2-3,7-8,11-12,21,24H,4-5,17H2,1H3,(H,18,19,23,25)/t7?,8-,11+,12-/m1/s1. The van der Waals surface area contributed by atoms with Gasteiger partial charge in [-0.25, -0.2) is 4.79 Å². The normalized spacial score (nSPS) is 25.7. The van der Waals surface area contributed by atoms with Gasteiger partial charge in [-0.3, -0.25) is 14.2 Å². The molecule has 1 aromatic rings. The predicted octanol–water partition coefficient (Wildman–Crippen LogP) is -1.63. The smallest absolute Gasteiger partial charge is 0.351 e. The number of Topliss-reactive ketones (excluding diaryl/α,β-unsaturated/α-hetero) is 1. The molecule has 10 nitrogen and oxygen atoms in total. The average Bonchev–Trinajstić information content (AvgIpc) is 2.77. The van der Waals surface area contributed by atoms with Gasteiger partial charge in [-0.1, -0.05) is 0 Å². The number of anilines is 1. The van der Waals surface area contributed by atoms with Gasteiger partial charge in [0.25, 0.3) is 0 Å². The Bertz CT molecular complexity index is 755. The van der Waals surface area contributed by atoms with Gasteiger partial charge in [0.2, 0.25) is 12.1 Å². The van der Waals surface area contributed by atoms with Gasteiger partial charge in [0.1, 0.15) is 17.7 Å². The summed E-state index contributed by atoms with van der Waals surface area (Å²) in [5, 5.41) is 20.7. The van der Waals surface area contributed by atoms with Crippen LogP contribution in [0.25, 0.3) is 0 Å². The van der Waals surface area contributed by atoms with Crippen molar-refractivity contribution in [3.8, 4) is 0 Å². The Balaban J connectivity index is 2.16. The molecule has 0 saturated carbocycles. The number of aliphatic hydroxyl groups is 2. The molecule has 1 aromatic heterocycles. The van der Waals surface area contributed by atoms with Crippen molar-refractivity contribution in [2.45, 2.75) is 43.7 Å². The van der Waals surface area contributed by atoms with Crippen molar-refractivity contribution >= 4 is 17.5 Å². The van der Waals surface area contributed by atoms with E-state index >= 15 is 0 Å². The number of ether oxygens (including phenoxy) is 1. The number of aliphatic hydroxyl groups excluding tert-OH is 2. The molecule has 1 aliphatic rings. The van der Waals surface area contributed by atoms with Crippen molar-refractivity contribution in [3.63, 3.8) is 0 Å². The number of carbonyl (C=O) groups is 2. The Kier molecular flexibility index (Phi) is 5.81. The molecule has 1 aliphatic heterocycles. The van der Waals surface area contributed by atoms with Crippen LogP contribution in [0.2, 0.25) is 0 Å². The first kappa shape index (κ1) is 20.0. The van der Waals surface area contributed by atoms with E-state index in [9.17, 15) is 28.3 Å². The number of ketones is 1. The molecule has 26 heavy (non-hydrogen) atoms. The van der Waals surface area contributed by atoms with Crippen LogP contribution < -0.4 is 16.7 Å². The maximum absolute atomic E-state index is 14.0. The SMILES string of the molecule is CC(=O)C(N)CC(=O)Nc1ccn([C@@H]2O[C@H](CO)[C@H](O)C2(F)F)c(=O)n1. The van der Waals surface area contributed by atoms with Crippen LogP contribution in [-0.4, -0.2) is 62.2 Å². The van der Waals surface area contributed by atoms with Gasteiger partial charge >= 0.3 is 11.6 Å². The lowest BCUT2D eigenvalue weighted by molar-refractivity contribution is -0.141. The number of nitrogens with zero attached hydrogens (tertiary/aromatic N) is 2. The highest BCUT2D eigenvalue weighted by Crippen LogP contribution is 2.41. The number of nitrogens with two attached hydrogens (primary N) is 1. The maximum Gasteiger partial charge on any atom is 0.351 e. The third-order valence-electron chi connectivity index (χ3n) is 3.84. The molecule has 1 fully saturated rings. The number of nitrogens with one attached hydrogen (secondary N) is 1. The summed E-state index contributed by atoms with van der Waals surface area (Å²) in [5.74, 6) is -5.15. The number of hydrogen-bond donors (Lipinski definition) is 4. The second-order valence-electron chi connectivity index (χ2n) is 5.80. The summed E-state index contributed by atoms with van der Waals surface area (Å²) >= 11 is 0. The summed E-state index contributed by atoms with van der Waals surface area (Å²) < 4.78 is 33.4. The van der Waals surface area contributed by atoms with E-state index in [-0.39, 0.29) is 12.2 Å². The topological polar surface area (TPSA) is 157 Å². The molecule has 4 atom stereocenters. The van der Waals surface area contributed by atoms with Crippen molar-refractivity contribution < 1.29 is 33.3 Å². The van der Waals surface area contributed by atoms with Gasteiger partial charge in [0.05, 0.1) is 12.6 Å². The fourth-order valence-corrected chi connectivity index (χ4v) is 2.32. The minimum Gasteiger partial charge on any atom is -0.394 e. The highest BCUT2D eigenvalue weighted by Gasteiger charge is 2.59. The van der Waals surface area contributed by atoms with Crippen LogP contribution in [0.3, 0.4) is 0 Å². The highest BCUT2D eigenvalue weighted by atomic mass is 19.3. The van der Waals surface area contributed by atoms with E-state index in [4.69, 9.17) is 15.6 Å². The molecule has 0 spiro atoms. The van der Waals surface area contributed by atoms with Crippen molar-refractivity contribution in [2.75, 3.05) is 11.9 Å². The van der Waals surface area contributed by atoms with Crippen molar-refractivity contribution in [2.24, 2.45) is 5.73 Å². The second kappa shape index (κ2) is 7.53. The zero-order chi connectivity index (χ0) is 19.6. The number of carbonyl (C=O) groups excluding carboxylic acids is 2. The third-order valence-corrected chi connectivity index (χ3v) is 3.84. The summed E-state index contributed by atoms with van der Waals surface area (Å²) in [4.78, 5) is 38.2. The van der Waals surface area contributed by atoms with Gasteiger partial charge in [0, 0.05) is 12.6 Å². The minimum atomic E-state index is -3.84. The van der Waals surface area contributed by atoms with Gasteiger partial charge in [-0.2, -0.15) is 13.8 Å². The molecule has 2 heterocycles. The van der Waals surface area contributed by atoms with E-state index in [2.05, 4.69) is 10.3 Å². The molecular weight excluding hydrogens is 358 g/mol. The molecular formula is C14H18F2N4O6. The largest absolute Gasteiger partial charge is 0.394 e. The van der Waals surface area contributed by atoms with Crippen molar-refractivity contribution in [1.29, 1.82) is 0 Å². The number of aromatic nitrogens is 2. The van der Waals surface area contributed by atoms with E-state index in [1.54, 1.807) is 0 Å². The number of amides is 1. The monoisotopic (exact) mass is 376 g/mol. The Labute approximate surface area is 145 Å². The molecule has 5 N–H and O–H groups in total. The van der Waals surface area contributed by atoms with Gasteiger partial charge < -0.3 is 26.0 Å². The molecule has 12 heteroatoms. The highest BCUT2D eigenvalue weighted by molar-refractivity contribution is 5.94. The Morgan fingerprint density at radius 1 is 1.54 bits per heavy atom. The quantitative estimate of drug-likeness (QED) is 0.461. The summed E-state index contributed by atoms with van der Waals surface area (Å²) in [7, 11) is 0. The number of halogens is 2. The van der Waals surface area contributed by atoms with E-state index < -0.39 is 54.4 Å². The van der Waals surface area contributed by atoms with Crippen molar-refractivity contribution in [1.82, 2.24) is 9.55 Å². The van der Waals surface area contributed by atoms with Crippen LogP contribution in [0, 0.1) is 0 Å². The lowest BCUT2D eigenvalue weighted by Crippen LogP contribution is -2.41. The van der Waals surface area contributed by atoms with Crippen LogP contribution in [0.1, 0.15) is 19.6 Å². The fourth-order valence-electron chi connectivity index (χ4n) is 2.32. The summed E-state index contributed by atoms with van der Waals surface area (Å²) in [5.41, 5.74) is 4.26. The number of rotatable bonds is 6. The van der Waals surface area contributed by atoms with Crippen LogP contribution in [-0.2, 0) is 14.3 Å². The average molecular weight is 376 g/mol. The molecule has 1 amide bonds. The number of hydrogen-bond acceptors (Lipinski definition) is 8. The number of alkyl halides is 2. The van der Waals surface area contributed by atoms with Crippen LogP contribution in [0.15, 0.2) is 17.1 Å². The molecule has 0 bridgehead atoms. The van der Waals surface area contributed by atoms with Crippen LogP contribution in [0.5, 0.6) is 0 Å². The van der Waals surface area contributed by atoms with Gasteiger partial charge in [-0.05, 0) is 13.0 Å². The Morgan fingerprint density at radius 3 is 2.69 bits per heavy atom. The molecule has 0 aliphatic carbocycles. The molecule has 0 aromatic carbocycles. The van der Waals surface area contributed by atoms with E-state index in [1.807, 2.05) is 0 Å². The zero-order valence-electron chi connectivity index (χ0n) is 13.6. The first-order chi connectivity index (χ1) is 12.1. The molecule has 0 radical (unpaired) electrons. The summed E-state index contributed by atoms with van der Waals surface area (Å²) in [6.07, 6.45) is -5.45.